The van der Waals surface area contributed by atoms with E-state index in [2.05, 4.69) is 50.0 Å². The highest BCUT2D eigenvalue weighted by Crippen LogP contribution is 2.27. The second kappa shape index (κ2) is 8.92. The predicted octanol–water partition coefficient (Wildman–Crippen LogP) is 5.37. The van der Waals surface area contributed by atoms with Crippen molar-refractivity contribution in [2.75, 3.05) is 7.11 Å². The molecule has 0 bridgehead atoms. The molecule has 0 amide bonds. The number of hydrogen-bond donors (Lipinski definition) is 0. The van der Waals surface area contributed by atoms with Crippen LogP contribution in [0.1, 0.15) is 29.5 Å². The Labute approximate surface area is 165 Å². The van der Waals surface area contributed by atoms with E-state index in [0.717, 1.165) is 16.3 Å². The second-order valence-electron chi connectivity index (χ2n) is 6.56. The molecule has 1 unspecified atom stereocenters. The van der Waals surface area contributed by atoms with Gasteiger partial charge in [-0.05, 0) is 43.0 Å². The molecule has 3 heteroatoms. The highest BCUT2D eigenvalue weighted by molar-refractivity contribution is 5.93. The van der Waals surface area contributed by atoms with E-state index >= 15 is 0 Å². The first-order valence-corrected chi connectivity index (χ1v) is 9.09. The van der Waals surface area contributed by atoms with E-state index in [1.807, 2.05) is 30.3 Å². The molecule has 0 spiro atoms. The molecule has 0 fully saturated rings. The molecule has 3 rings (SSSR count). The molecule has 140 valence electrons. The summed E-state index contributed by atoms with van der Waals surface area (Å²) in [6.07, 6.45) is 2.53. The van der Waals surface area contributed by atoms with Crippen LogP contribution in [0.5, 0.6) is 5.75 Å². The average Bonchev–Trinajstić information content (AvgIpc) is 2.70. The van der Waals surface area contributed by atoms with Crippen molar-refractivity contribution in [1.82, 2.24) is 0 Å². The largest absolute Gasteiger partial charge is 0.504 e. The molecule has 0 aromatic heterocycles. The van der Waals surface area contributed by atoms with Gasteiger partial charge in [-0.3, -0.25) is 0 Å². The number of hydrogen-bond acceptors (Lipinski definition) is 3. The van der Waals surface area contributed by atoms with Crippen molar-refractivity contribution in [1.29, 1.82) is 0 Å². The number of esters is 1. The fraction of sp³-hybridized carbons (Fsp3) is 0.160. The Morgan fingerprint density at radius 2 is 1.89 bits per heavy atom. The molecule has 0 N–H and O–H groups in total. The van der Waals surface area contributed by atoms with Gasteiger partial charge in [-0.2, -0.15) is 0 Å². The second-order valence-corrected chi connectivity index (χ2v) is 6.56. The van der Waals surface area contributed by atoms with Crippen LogP contribution in [-0.2, 0) is 9.53 Å². The third-order valence-corrected chi connectivity index (χ3v) is 4.37. The molecule has 0 radical (unpaired) electrons. The van der Waals surface area contributed by atoms with Crippen molar-refractivity contribution in [2.24, 2.45) is 0 Å². The molecular weight excluding hydrogens is 348 g/mol. The number of rotatable bonds is 4. The van der Waals surface area contributed by atoms with Crippen LogP contribution in [0.25, 0.3) is 10.8 Å². The maximum atomic E-state index is 11.9. The van der Waals surface area contributed by atoms with Crippen LogP contribution >= 0.6 is 0 Å². The smallest absolute Gasteiger partial charge is 0.339 e. The number of aryl methyl sites for hydroxylation is 1. The van der Waals surface area contributed by atoms with Crippen LogP contribution in [-0.4, -0.2) is 13.1 Å². The number of carbonyl (C=O) groups is 1. The van der Waals surface area contributed by atoms with Gasteiger partial charge in [-0.15, -0.1) is 0 Å². The van der Waals surface area contributed by atoms with E-state index in [-0.39, 0.29) is 5.92 Å². The van der Waals surface area contributed by atoms with Crippen molar-refractivity contribution in [2.45, 2.75) is 19.8 Å². The molecule has 28 heavy (non-hydrogen) atoms. The monoisotopic (exact) mass is 370 g/mol. The summed E-state index contributed by atoms with van der Waals surface area (Å²) < 4.78 is 10.2. The van der Waals surface area contributed by atoms with Crippen molar-refractivity contribution in [3.8, 4) is 17.6 Å². The average molecular weight is 370 g/mol. The zero-order valence-corrected chi connectivity index (χ0v) is 16.2. The lowest BCUT2D eigenvalue weighted by Crippen LogP contribution is -2.04. The molecule has 0 saturated carbocycles. The fourth-order valence-corrected chi connectivity index (χ4v) is 2.89. The van der Waals surface area contributed by atoms with Crippen LogP contribution in [0.2, 0.25) is 0 Å². The van der Waals surface area contributed by atoms with Crippen molar-refractivity contribution < 1.29 is 14.3 Å². The summed E-state index contributed by atoms with van der Waals surface area (Å²) in [5, 5.41) is 1.83. The van der Waals surface area contributed by atoms with E-state index in [4.69, 9.17) is 9.47 Å². The van der Waals surface area contributed by atoms with Crippen molar-refractivity contribution >= 4 is 16.7 Å². The summed E-state index contributed by atoms with van der Waals surface area (Å²) in [6.45, 7) is 4.18. The standard InChI is InChI=1S/C25H22O3/c1-18-6-4-8-22(16-18)19(2)10-11-20-12-13-21-7-5-9-24(23(21)17-20)28-25(26)14-15-27-3/h4-9,12-17,19H,1-3H3/b15-14+. The Morgan fingerprint density at radius 3 is 2.68 bits per heavy atom. The molecule has 1 atom stereocenters. The van der Waals surface area contributed by atoms with Crippen molar-refractivity contribution in [3.05, 3.63) is 89.7 Å². The quantitative estimate of drug-likeness (QED) is 0.204. The van der Waals surface area contributed by atoms with Gasteiger partial charge in [0.15, 0.2) is 0 Å². The van der Waals surface area contributed by atoms with E-state index < -0.39 is 5.97 Å². The number of ether oxygens (including phenoxy) is 2. The zero-order chi connectivity index (χ0) is 19.9. The minimum Gasteiger partial charge on any atom is -0.504 e. The lowest BCUT2D eigenvalue weighted by molar-refractivity contribution is -0.129. The summed E-state index contributed by atoms with van der Waals surface area (Å²) in [5.41, 5.74) is 3.31. The first kappa shape index (κ1) is 19.3. The number of methoxy groups -OCH3 is 1. The number of fused-ring (bicyclic) bond motifs is 1. The maximum Gasteiger partial charge on any atom is 0.339 e. The molecule has 3 aromatic rings. The van der Waals surface area contributed by atoms with Crippen LogP contribution in [0, 0.1) is 18.8 Å². The van der Waals surface area contributed by atoms with E-state index in [0.29, 0.717) is 5.75 Å². The molecule has 0 aliphatic heterocycles. The molecule has 3 aromatic carbocycles. The van der Waals surface area contributed by atoms with Gasteiger partial charge in [0.2, 0.25) is 0 Å². The minimum atomic E-state index is -0.487. The molecule has 0 aliphatic carbocycles. The summed E-state index contributed by atoms with van der Waals surface area (Å²) >= 11 is 0. The molecule has 0 heterocycles. The molecule has 3 nitrogen and oxygen atoms in total. The van der Waals surface area contributed by atoms with Crippen LogP contribution in [0.15, 0.2) is 73.0 Å². The Balaban J connectivity index is 1.88. The Kier molecular flexibility index (Phi) is 6.14. The van der Waals surface area contributed by atoms with E-state index in [1.165, 1.54) is 30.6 Å². The fourth-order valence-electron chi connectivity index (χ4n) is 2.89. The predicted molar refractivity (Wildman–Crippen MR) is 112 cm³/mol. The van der Waals surface area contributed by atoms with Crippen LogP contribution in [0.3, 0.4) is 0 Å². The van der Waals surface area contributed by atoms with Crippen LogP contribution in [0.4, 0.5) is 0 Å². The topological polar surface area (TPSA) is 35.5 Å². The van der Waals surface area contributed by atoms with E-state index in [9.17, 15) is 4.79 Å². The number of carbonyl (C=O) groups excluding carboxylic acids is 1. The van der Waals surface area contributed by atoms with Gasteiger partial charge in [0, 0.05) is 16.9 Å². The van der Waals surface area contributed by atoms with Gasteiger partial charge in [0.05, 0.1) is 19.4 Å². The van der Waals surface area contributed by atoms with Gasteiger partial charge in [-0.1, -0.05) is 59.9 Å². The summed E-state index contributed by atoms with van der Waals surface area (Å²) in [4.78, 5) is 11.9. The van der Waals surface area contributed by atoms with Gasteiger partial charge >= 0.3 is 5.97 Å². The summed E-state index contributed by atoms with van der Waals surface area (Å²) in [7, 11) is 1.48. The zero-order valence-electron chi connectivity index (χ0n) is 16.2. The van der Waals surface area contributed by atoms with Crippen molar-refractivity contribution in [3.63, 3.8) is 0 Å². The maximum absolute atomic E-state index is 11.9. The Morgan fingerprint density at radius 1 is 1.07 bits per heavy atom. The van der Waals surface area contributed by atoms with Gasteiger partial charge in [0.1, 0.15) is 5.75 Å². The Bertz CT molecular complexity index is 1080. The van der Waals surface area contributed by atoms with Gasteiger partial charge in [0.25, 0.3) is 0 Å². The third kappa shape index (κ3) is 4.81. The molecule has 0 saturated heterocycles. The van der Waals surface area contributed by atoms with Gasteiger partial charge in [-0.25, -0.2) is 4.79 Å². The molecular formula is C25H22O3. The summed E-state index contributed by atoms with van der Waals surface area (Å²) in [6, 6.07) is 19.9. The molecule has 0 aliphatic rings. The first-order valence-electron chi connectivity index (χ1n) is 9.09. The third-order valence-electron chi connectivity index (χ3n) is 4.37. The lowest BCUT2D eigenvalue weighted by Gasteiger charge is -2.07. The Hall–Kier alpha value is -3.51. The SMILES string of the molecule is CO/C=C/C(=O)Oc1cccc2ccc(C#CC(C)c3cccc(C)c3)cc12. The first-order chi connectivity index (χ1) is 13.6. The van der Waals surface area contributed by atoms with E-state index in [1.54, 1.807) is 6.07 Å². The highest BCUT2D eigenvalue weighted by atomic mass is 16.5. The van der Waals surface area contributed by atoms with Crippen LogP contribution < -0.4 is 4.74 Å². The number of benzene rings is 3. The normalized spacial score (nSPS) is 11.7. The minimum absolute atomic E-state index is 0.128. The summed E-state index contributed by atoms with van der Waals surface area (Å²) in [5.74, 6) is 6.69. The van der Waals surface area contributed by atoms with Gasteiger partial charge < -0.3 is 9.47 Å². The lowest BCUT2D eigenvalue weighted by atomic mass is 9.99. The highest BCUT2D eigenvalue weighted by Gasteiger charge is 2.07.